The van der Waals surface area contributed by atoms with Crippen molar-refractivity contribution in [3.05, 3.63) is 35.4 Å². The lowest BCUT2D eigenvalue weighted by atomic mass is 10.1. The Labute approximate surface area is 144 Å². The molecule has 0 bridgehead atoms. The van der Waals surface area contributed by atoms with E-state index >= 15 is 0 Å². The summed E-state index contributed by atoms with van der Waals surface area (Å²) in [7, 11) is 3.43. The van der Waals surface area contributed by atoms with Gasteiger partial charge >= 0.3 is 0 Å². The van der Waals surface area contributed by atoms with Crippen LogP contribution in [0.2, 0.25) is 0 Å². The summed E-state index contributed by atoms with van der Waals surface area (Å²) in [5.41, 5.74) is 2.55. The van der Waals surface area contributed by atoms with Crippen molar-refractivity contribution < 1.29 is 9.47 Å². The number of ether oxygens (including phenoxy) is 2. The van der Waals surface area contributed by atoms with Crippen LogP contribution < -0.4 is 10.6 Å². The molecule has 0 aliphatic carbocycles. The summed E-state index contributed by atoms with van der Waals surface area (Å²) in [6.07, 6.45) is 0. The number of rotatable bonds is 8. The van der Waals surface area contributed by atoms with Crippen LogP contribution in [0.15, 0.2) is 29.3 Å². The van der Waals surface area contributed by atoms with Crippen LogP contribution in [0, 0.1) is 6.92 Å². The topological polar surface area (TPSA) is 54.9 Å². The highest BCUT2D eigenvalue weighted by Crippen LogP contribution is 2.05. The second-order valence-corrected chi connectivity index (χ2v) is 4.38. The van der Waals surface area contributed by atoms with Crippen molar-refractivity contribution in [3.8, 4) is 0 Å². The number of hydrogen-bond donors (Lipinski definition) is 2. The number of nitrogens with one attached hydrogen (secondary N) is 2. The maximum atomic E-state index is 5.38. The smallest absolute Gasteiger partial charge is 0.191 e. The Morgan fingerprint density at radius 2 is 1.90 bits per heavy atom. The first-order chi connectivity index (χ1) is 9.77. The van der Waals surface area contributed by atoms with Gasteiger partial charge in [0.15, 0.2) is 5.96 Å². The van der Waals surface area contributed by atoms with Crippen molar-refractivity contribution in [1.29, 1.82) is 0 Å². The molecule has 6 heteroatoms. The van der Waals surface area contributed by atoms with Crippen LogP contribution in [0.3, 0.4) is 0 Å². The van der Waals surface area contributed by atoms with Gasteiger partial charge in [-0.05, 0) is 18.1 Å². The average molecular weight is 407 g/mol. The number of aliphatic imine (C=N–C) groups is 1. The number of hydrogen-bond acceptors (Lipinski definition) is 3. The third-order valence-electron chi connectivity index (χ3n) is 2.90. The Morgan fingerprint density at radius 1 is 1.14 bits per heavy atom. The second kappa shape index (κ2) is 12.8. The van der Waals surface area contributed by atoms with Gasteiger partial charge in [0, 0.05) is 27.2 Å². The fourth-order valence-electron chi connectivity index (χ4n) is 1.69. The van der Waals surface area contributed by atoms with Gasteiger partial charge in [0.1, 0.15) is 0 Å². The molecule has 0 aliphatic rings. The van der Waals surface area contributed by atoms with Crippen molar-refractivity contribution in [2.75, 3.05) is 40.5 Å². The van der Waals surface area contributed by atoms with E-state index in [4.69, 9.17) is 9.47 Å². The Bertz CT molecular complexity index is 414. The third kappa shape index (κ3) is 8.90. The quantitative estimate of drug-likeness (QED) is 0.299. The molecule has 0 aromatic heterocycles. The first-order valence-electron chi connectivity index (χ1n) is 6.83. The molecule has 0 saturated carbocycles. The summed E-state index contributed by atoms with van der Waals surface area (Å²) in [6.45, 7) is 5.47. The molecule has 0 atom stereocenters. The summed E-state index contributed by atoms with van der Waals surface area (Å²) < 4.78 is 10.3. The van der Waals surface area contributed by atoms with E-state index in [2.05, 4.69) is 34.7 Å². The third-order valence-corrected chi connectivity index (χ3v) is 2.90. The highest BCUT2D eigenvalue weighted by Gasteiger charge is 2.00. The minimum Gasteiger partial charge on any atom is -0.382 e. The van der Waals surface area contributed by atoms with Crippen molar-refractivity contribution in [1.82, 2.24) is 10.6 Å². The number of methoxy groups -OCH3 is 1. The van der Waals surface area contributed by atoms with E-state index in [0.717, 1.165) is 19.0 Å². The van der Waals surface area contributed by atoms with Crippen molar-refractivity contribution in [2.24, 2.45) is 4.99 Å². The highest BCUT2D eigenvalue weighted by molar-refractivity contribution is 14.0. The van der Waals surface area contributed by atoms with Gasteiger partial charge in [-0.25, -0.2) is 0 Å². The van der Waals surface area contributed by atoms with Gasteiger partial charge in [0.25, 0.3) is 0 Å². The van der Waals surface area contributed by atoms with E-state index < -0.39 is 0 Å². The molecule has 21 heavy (non-hydrogen) atoms. The first-order valence-corrected chi connectivity index (χ1v) is 6.83. The van der Waals surface area contributed by atoms with E-state index in [-0.39, 0.29) is 24.0 Å². The van der Waals surface area contributed by atoms with Crippen LogP contribution in [-0.2, 0) is 16.0 Å². The Balaban J connectivity index is 0.00000400. The summed E-state index contributed by atoms with van der Waals surface area (Å²) >= 11 is 0. The zero-order valence-corrected chi connectivity index (χ0v) is 15.3. The largest absolute Gasteiger partial charge is 0.382 e. The number of benzene rings is 1. The van der Waals surface area contributed by atoms with E-state index in [1.165, 1.54) is 11.1 Å². The van der Waals surface area contributed by atoms with Gasteiger partial charge in [0.2, 0.25) is 0 Å². The van der Waals surface area contributed by atoms with Crippen LogP contribution in [-0.4, -0.2) is 46.5 Å². The molecule has 0 spiro atoms. The van der Waals surface area contributed by atoms with E-state index in [1.807, 2.05) is 12.1 Å². The molecule has 0 amide bonds. The minimum atomic E-state index is 0. The van der Waals surface area contributed by atoms with Gasteiger partial charge in [-0.2, -0.15) is 0 Å². The molecule has 1 aromatic carbocycles. The number of guanidine groups is 1. The van der Waals surface area contributed by atoms with Crippen LogP contribution in [0.5, 0.6) is 0 Å². The average Bonchev–Trinajstić information content (AvgIpc) is 2.47. The van der Waals surface area contributed by atoms with E-state index in [0.29, 0.717) is 19.8 Å². The molecular formula is C15H26IN3O2. The lowest BCUT2D eigenvalue weighted by Gasteiger charge is -2.13. The van der Waals surface area contributed by atoms with Crippen LogP contribution in [0.25, 0.3) is 0 Å². The fraction of sp³-hybridized carbons (Fsp3) is 0.533. The van der Waals surface area contributed by atoms with Gasteiger partial charge in [-0.3, -0.25) is 4.99 Å². The summed E-state index contributed by atoms with van der Waals surface area (Å²) in [6, 6.07) is 8.31. The lowest BCUT2D eigenvalue weighted by Crippen LogP contribution is -2.38. The van der Waals surface area contributed by atoms with Crippen molar-refractivity contribution in [2.45, 2.75) is 13.5 Å². The SMILES string of the molecule is CN=C(NCCOCCOC)NCc1ccccc1C.I. The van der Waals surface area contributed by atoms with E-state index in [9.17, 15) is 0 Å². The van der Waals surface area contributed by atoms with Crippen LogP contribution >= 0.6 is 24.0 Å². The summed E-state index contributed by atoms with van der Waals surface area (Å²) in [5.74, 6) is 0.781. The molecule has 0 unspecified atom stereocenters. The molecular weight excluding hydrogens is 381 g/mol. The Morgan fingerprint density at radius 3 is 2.57 bits per heavy atom. The van der Waals surface area contributed by atoms with Gasteiger partial charge < -0.3 is 20.1 Å². The van der Waals surface area contributed by atoms with Crippen LogP contribution in [0.1, 0.15) is 11.1 Å². The fourth-order valence-corrected chi connectivity index (χ4v) is 1.69. The standard InChI is InChI=1S/C15H25N3O2.HI/c1-13-6-4-5-7-14(13)12-18-15(16-2)17-8-9-20-11-10-19-3;/h4-7H,8-12H2,1-3H3,(H2,16,17,18);1H. The maximum Gasteiger partial charge on any atom is 0.191 e. The number of aryl methyl sites for hydroxylation is 1. The number of halogens is 1. The summed E-state index contributed by atoms with van der Waals surface area (Å²) in [5, 5.41) is 6.50. The van der Waals surface area contributed by atoms with E-state index in [1.54, 1.807) is 14.2 Å². The molecule has 1 rings (SSSR count). The van der Waals surface area contributed by atoms with Gasteiger partial charge in [0.05, 0.1) is 19.8 Å². The predicted octanol–water partition coefficient (Wildman–Crippen LogP) is 1.94. The Hall–Kier alpha value is -0.860. The first kappa shape index (κ1) is 20.1. The van der Waals surface area contributed by atoms with Crippen molar-refractivity contribution >= 4 is 29.9 Å². The predicted molar refractivity (Wildman–Crippen MR) is 97.5 cm³/mol. The zero-order chi connectivity index (χ0) is 14.6. The molecule has 0 saturated heterocycles. The molecule has 5 nitrogen and oxygen atoms in total. The van der Waals surface area contributed by atoms with Crippen LogP contribution in [0.4, 0.5) is 0 Å². The molecule has 0 radical (unpaired) electrons. The monoisotopic (exact) mass is 407 g/mol. The number of nitrogens with zero attached hydrogens (tertiary/aromatic N) is 1. The molecule has 120 valence electrons. The zero-order valence-electron chi connectivity index (χ0n) is 13.0. The van der Waals surface area contributed by atoms with Crippen molar-refractivity contribution in [3.63, 3.8) is 0 Å². The normalized spacial score (nSPS) is 10.9. The molecule has 0 heterocycles. The summed E-state index contributed by atoms with van der Waals surface area (Å²) in [4.78, 5) is 4.18. The second-order valence-electron chi connectivity index (χ2n) is 4.38. The Kier molecular flexibility index (Phi) is 12.3. The molecule has 0 aliphatic heterocycles. The molecule has 0 fully saturated rings. The highest BCUT2D eigenvalue weighted by atomic mass is 127. The molecule has 1 aromatic rings. The maximum absolute atomic E-state index is 5.38. The van der Waals surface area contributed by atoms with Gasteiger partial charge in [-0.15, -0.1) is 24.0 Å². The minimum absolute atomic E-state index is 0. The van der Waals surface area contributed by atoms with Gasteiger partial charge in [-0.1, -0.05) is 24.3 Å². The lowest BCUT2D eigenvalue weighted by molar-refractivity contribution is 0.0733. The molecule has 2 N–H and O–H groups in total.